The number of nitrogens with zero attached hydrogens (tertiary/aromatic N) is 1. The highest BCUT2D eigenvalue weighted by Crippen LogP contribution is 2.42. The van der Waals surface area contributed by atoms with Crippen molar-refractivity contribution in [2.75, 3.05) is 13.1 Å². The van der Waals surface area contributed by atoms with Crippen molar-refractivity contribution in [3.8, 4) is 0 Å². The lowest BCUT2D eigenvalue weighted by atomic mass is 9.69. The Bertz CT molecular complexity index is 855. The summed E-state index contributed by atoms with van der Waals surface area (Å²) in [5.41, 5.74) is 2.32. The molecular formula is C29H40N2O. The van der Waals surface area contributed by atoms with Crippen molar-refractivity contribution in [1.82, 2.24) is 10.2 Å². The minimum Gasteiger partial charge on any atom is -0.351 e. The fourth-order valence-electron chi connectivity index (χ4n) is 5.93. The molecule has 0 spiro atoms. The Morgan fingerprint density at radius 2 is 1.47 bits per heavy atom. The van der Waals surface area contributed by atoms with Crippen molar-refractivity contribution in [1.29, 1.82) is 0 Å². The van der Waals surface area contributed by atoms with Gasteiger partial charge in [-0.3, -0.25) is 4.79 Å². The summed E-state index contributed by atoms with van der Waals surface area (Å²) < 4.78 is 0. The first-order chi connectivity index (χ1) is 15.4. The van der Waals surface area contributed by atoms with Crippen molar-refractivity contribution < 1.29 is 4.79 Å². The van der Waals surface area contributed by atoms with E-state index >= 15 is 0 Å². The smallest absolute Gasteiger partial charge is 0.231 e. The number of piperidine rings is 1. The van der Waals surface area contributed by atoms with Crippen LogP contribution < -0.4 is 5.32 Å². The number of carbonyl (C=O) groups excluding carboxylic acids is 1. The lowest BCUT2D eigenvalue weighted by molar-refractivity contribution is -0.129. The number of hydrogen-bond acceptors (Lipinski definition) is 2. The Balaban J connectivity index is 1.42. The zero-order valence-corrected chi connectivity index (χ0v) is 20.1. The first-order valence-corrected chi connectivity index (χ1v) is 12.5. The molecule has 1 aliphatic heterocycles. The molecule has 0 bridgehead atoms. The van der Waals surface area contributed by atoms with Gasteiger partial charge >= 0.3 is 0 Å². The molecule has 0 atom stereocenters. The van der Waals surface area contributed by atoms with Crippen LogP contribution in [0, 0.1) is 11.3 Å². The van der Waals surface area contributed by atoms with Crippen LogP contribution in [0.4, 0.5) is 0 Å². The Morgan fingerprint density at radius 1 is 0.906 bits per heavy atom. The van der Waals surface area contributed by atoms with Crippen molar-refractivity contribution in [3.63, 3.8) is 0 Å². The first kappa shape index (κ1) is 23.0. The highest BCUT2D eigenvalue weighted by Gasteiger charge is 2.44. The summed E-state index contributed by atoms with van der Waals surface area (Å²) >= 11 is 0. The van der Waals surface area contributed by atoms with Gasteiger partial charge in [-0.2, -0.15) is 0 Å². The van der Waals surface area contributed by atoms with Gasteiger partial charge in [0.05, 0.1) is 5.41 Å². The summed E-state index contributed by atoms with van der Waals surface area (Å²) in [6.07, 6.45) is 7.09. The Hall–Kier alpha value is -2.13. The maximum Gasteiger partial charge on any atom is 0.231 e. The minimum absolute atomic E-state index is 0.184. The molecule has 0 aromatic heterocycles. The largest absolute Gasteiger partial charge is 0.351 e. The molecule has 3 nitrogen and oxygen atoms in total. The van der Waals surface area contributed by atoms with Crippen LogP contribution in [0.1, 0.15) is 70.4 Å². The van der Waals surface area contributed by atoms with Crippen LogP contribution in [0.25, 0.3) is 0 Å². The van der Waals surface area contributed by atoms with E-state index in [0.717, 1.165) is 37.4 Å². The van der Waals surface area contributed by atoms with Gasteiger partial charge in [0.2, 0.25) is 5.91 Å². The third-order valence-corrected chi connectivity index (χ3v) is 8.15. The summed E-state index contributed by atoms with van der Waals surface area (Å²) in [5.74, 6) is 1.03. The van der Waals surface area contributed by atoms with Crippen molar-refractivity contribution >= 4 is 5.91 Å². The molecule has 1 amide bonds. The Labute approximate surface area is 194 Å². The van der Waals surface area contributed by atoms with Gasteiger partial charge in [0.1, 0.15) is 0 Å². The molecule has 1 saturated heterocycles. The maximum absolute atomic E-state index is 13.6. The second-order valence-electron chi connectivity index (χ2n) is 11.0. The average Bonchev–Trinajstić information content (AvgIpc) is 2.83. The monoisotopic (exact) mass is 432 g/mol. The second-order valence-corrected chi connectivity index (χ2v) is 11.0. The summed E-state index contributed by atoms with van der Waals surface area (Å²) in [6, 6.07) is 21.4. The van der Waals surface area contributed by atoms with E-state index in [4.69, 9.17) is 0 Å². The molecule has 172 valence electrons. The molecule has 2 fully saturated rings. The van der Waals surface area contributed by atoms with Crippen LogP contribution in [0.15, 0.2) is 60.7 Å². The number of rotatable bonds is 5. The van der Waals surface area contributed by atoms with E-state index in [1.807, 2.05) is 24.3 Å². The topological polar surface area (TPSA) is 32.3 Å². The summed E-state index contributed by atoms with van der Waals surface area (Å²) in [6.45, 7) is 9.79. The third-order valence-electron chi connectivity index (χ3n) is 8.15. The highest BCUT2D eigenvalue weighted by molar-refractivity contribution is 5.88. The van der Waals surface area contributed by atoms with Crippen molar-refractivity contribution in [2.45, 2.75) is 77.3 Å². The lowest BCUT2D eigenvalue weighted by Gasteiger charge is -2.46. The van der Waals surface area contributed by atoms with Crippen LogP contribution >= 0.6 is 0 Å². The molecule has 1 saturated carbocycles. The molecule has 2 aliphatic rings. The standard InChI is InChI=1S/C29H40N2O/c1-28(2,3)24-14-16-26(17-15-24)31-20-18-29(19-21-31,25-12-8-5-9-13-25)27(32)30-22-23-10-6-4-7-11-23/h4-13,24,26H,14-22H2,1-3H3,(H,30,32). The SMILES string of the molecule is CC(C)(C)C1CCC(N2CCC(C(=O)NCc3ccccc3)(c3ccccc3)CC2)CC1. The van der Waals surface area contributed by atoms with Gasteiger partial charge in [-0.25, -0.2) is 0 Å². The van der Waals surface area contributed by atoms with E-state index in [2.05, 4.69) is 67.4 Å². The maximum atomic E-state index is 13.6. The Morgan fingerprint density at radius 3 is 2.03 bits per heavy atom. The Kier molecular flexibility index (Phi) is 7.05. The van der Waals surface area contributed by atoms with Crippen molar-refractivity contribution in [3.05, 3.63) is 71.8 Å². The van der Waals surface area contributed by atoms with E-state index in [1.54, 1.807) is 0 Å². The van der Waals surface area contributed by atoms with Gasteiger partial charge < -0.3 is 10.2 Å². The summed E-state index contributed by atoms with van der Waals surface area (Å²) in [5, 5.41) is 3.27. The predicted molar refractivity (Wildman–Crippen MR) is 132 cm³/mol. The highest BCUT2D eigenvalue weighted by atomic mass is 16.2. The van der Waals surface area contributed by atoms with E-state index in [1.165, 1.54) is 31.2 Å². The zero-order chi connectivity index (χ0) is 22.6. The van der Waals surface area contributed by atoms with Gasteiger partial charge in [0, 0.05) is 12.6 Å². The lowest BCUT2D eigenvalue weighted by Crippen LogP contribution is -2.54. The van der Waals surface area contributed by atoms with Gasteiger partial charge in [-0.05, 0) is 74.1 Å². The summed E-state index contributed by atoms with van der Waals surface area (Å²) in [7, 11) is 0. The zero-order valence-electron chi connectivity index (χ0n) is 20.1. The molecule has 2 aromatic carbocycles. The molecule has 2 aromatic rings. The fourth-order valence-corrected chi connectivity index (χ4v) is 5.93. The van der Waals surface area contributed by atoms with Crippen LogP contribution in [-0.2, 0) is 16.8 Å². The van der Waals surface area contributed by atoms with Gasteiger partial charge in [0.15, 0.2) is 0 Å². The molecule has 3 heteroatoms. The van der Waals surface area contributed by atoms with E-state index < -0.39 is 5.41 Å². The van der Waals surface area contributed by atoms with Crippen LogP contribution in [-0.4, -0.2) is 29.9 Å². The van der Waals surface area contributed by atoms with Gasteiger partial charge in [0.25, 0.3) is 0 Å². The molecule has 32 heavy (non-hydrogen) atoms. The quantitative estimate of drug-likeness (QED) is 0.634. The summed E-state index contributed by atoms with van der Waals surface area (Å²) in [4.78, 5) is 16.3. The molecule has 0 radical (unpaired) electrons. The molecular weight excluding hydrogens is 392 g/mol. The molecule has 1 aliphatic carbocycles. The number of hydrogen-bond donors (Lipinski definition) is 1. The van der Waals surface area contributed by atoms with E-state index in [0.29, 0.717) is 18.0 Å². The third kappa shape index (κ3) is 5.09. The molecule has 1 heterocycles. The number of likely N-dealkylation sites (tertiary alicyclic amines) is 1. The number of amides is 1. The van der Waals surface area contributed by atoms with Gasteiger partial charge in [-0.15, -0.1) is 0 Å². The molecule has 4 rings (SSSR count). The van der Waals surface area contributed by atoms with Crippen LogP contribution in [0.5, 0.6) is 0 Å². The van der Waals surface area contributed by atoms with Crippen molar-refractivity contribution in [2.24, 2.45) is 11.3 Å². The number of benzene rings is 2. The molecule has 1 N–H and O–H groups in total. The predicted octanol–water partition coefficient (Wildman–Crippen LogP) is 5.94. The second kappa shape index (κ2) is 9.79. The molecule has 0 unspecified atom stereocenters. The van der Waals surface area contributed by atoms with Crippen LogP contribution in [0.3, 0.4) is 0 Å². The average molecular weight is 433 g/mol. The normalized spacial score (nSPS) is 24.1. The van der Waals surface area contributed by atoms with E-state index in [-0.39, 0.29) is 5.91 Å². The van der Waals surface area contributed by atoms with Gasteiger partial charge in [-0.1, -0.05) is 81.4 Å². The fraction of sp³-hybridized carbons (Fsp3) is 0.552. The van der Waals surface area contributed by atoms with E-state index in [9.17, 15) is 4.79 Å². The van der Waals surface area contributed by atoms with Crippen LogP contribution in [0.2, 0.25) is 0 Å². The number of carbonyl (C=O) groups is 1. The minimum atomic E-state index is -0.421. The number of nitrogens with one attached hydrogen (secondary N) is 1. The first-order valence-electron chi connectivity index (χ1n) is 12.5.